The fraction of sp³-hybridized carbons (Fsp3) is 0.600. The molecule has 0 saturated carbocycles. The maximum absolute atomic E-state index is 6.10. The van der Waals surface area contributed by atoms with Crippen LogP contribution in [0.15, 0.2) is 24.3 Å². The molecule has 1 saturated heterocycles. The lowest BCUT2D eigenvalue weighted by Crippen LogP contribution is -2.44. The van der Waals surface area contributed by atoms with Gasteiger partial charge < -0.3 is 10.5 Å². The van der Waals surface area contributed by atoms with Gasteiger partial charge in [-0.05, 0) is 43.7 Å². The van der Waals surface area contributed by atoms with E-state index in [1.54, 1.807) is 0 Å². The molecule has 1 aromatic carbocycles. The predicted molar refractivity (Wildman–Crippen MR) is 75.4 cm³/mol. The van der Waals surface area contributed by atoms with Gasteiger partial charge in [0.15, 0.2) is 0 Å². The summed E-state index contributed by atoms with van der Waals surface area (Å²) in [5.41, 5.74) is 8.27. The van der Waals surface area contributed by atoms with Crippen molar-refractivity contribution in [1.29, 1.82) is 0 Å². The van der Waals surface area contributed by atoms with Gasteiger partial charge >= 0.3 is 0 Å². The minimum absolute atomic E-state index is 0.144. The molecule has 0 aliphatic carbocycles. The molecule has 1 heterocycles. The van der Waals surface area contributed by atoms with E-state index in [1.165, 1.54) is 5.56 Å². The topological polar surface area (TPSA) is 47.3 Å². The Morgan fingerprint density at radius 3 is 2.72 bits per heavy atom. The Labute approximate surface area is 110 Å². The lowest BCUT2D eigenvalue weighted by atomic mass is 9.81. The summed E-state index contributed by atoms with van der Waals surface area (Å²) in [4.78, 5) is 0. The number of nitrogens with one attached hydrogen (secondary N) is 1. The van der Waals surface area contributed by atoms with Crippen LogP contribution in [0.3, 0.4) is 0 Å². The van der Waals surface area contributed by atoms with Crippen LogP contribution in [-0.2, 0) is 4.74 Å². The summed E-state index contributed by atoms with van der Waals surface area (Å²) >= 11 is 0. The number of anilines is 1. The molecule has 0 spiro atoms. The van der Waals surface area contributed by atoms with E-state index in [0.29, 0.717) is 11.8 Å². The first kappa shape index (κ1) is 13.4. The van der Waals surface area contributed by atoms with Crippen molar-refractivity contribution in [3.05, 3.63) is 29.8 Å². The van der Waals surface area contributed by atoms with Gasteiger partial charge in [0.1, 0.15) is 6.23 Å². The molecule has 0 amide bonds. The number of ether oxygens (including phenoxy) is 1. The van der Waals surface area contributed by atoms with Gasteiger partial charge in [0.05, 0.1) is 6.10 Å². The van der Waals surface area contributed by atoms with Crippen molar-refractivity contribution < 1.29 is 4.74 Å². The van der Waals surface area contributed by atoms with Crippen LogP contribution in [-0.4, -0.2) is 18.9 Å². The van der Waals surface area contributed by atoms with E-state index in [9.17, 15) is 0 Å². The molecule has 3 atom stereocenters. The van der Waals surface area contributed by atoms with Crippen molar-refractivity contribution in [1.82, 2.24) is 5.32 Å². The third-order valence-electron chi connectivity index (χ3n) is 3.65. The largest absolute Gasteiger partial charge is 0.398 e. The standard InChI is InChI=1S/C15H24N2O/c1-10(2)18-15-8-13(11(3)9-17-15)12-6-4-5-7-14(12)16/h4-7,10-11,13,15,17H,8-9,16H2,1-3H3. The highest BCUT2D eigenvalue weighted by atomic mass is 16.5. The number of hydrogen-bond donors (Lipinski definition) is 2. The monoisotopic (exact) mass is 248 g/mol. The molecule has 0 radical (unpaired) electrons. The van der Waals surface area contributed by atoms with Crippen molar-refractivity contribution in [2.45, 2.75) is 45.4 Å². The molecule has 18 heavy (non-hydrogen) atoms. The minimum Gasteiger partial charge on any atom is -0.398 e. The van der Waals surface area contributed by atoms with Crippen molar-refractivity contribution in [2.24, 2.45) is 5.92 Å². The summed E-state index contributed by atoms with van der Waals surface area (Å²) in [5.74, 6) is 1.07. The summed E-state index contributed by atoms with van der Waals surface area (Å²) in [6, 6.07) is 8.20. The van der Waals surface area contributed by atoms with Crippen LogP contribution >= 0.6 is 0 Å². The first-order valence-electron chi connectivity index (χ1n) is 6.81. The van der Waals surface area contributed by atoms with Gasteiger partial charge in [0.25, 0.3) is 0 Å². The number of para-hydroxylation sites is 1. The van der Waals surface area contributed by atoms with Gasteiger partial charge in [-0.15, -0.1) is 0 Å². The smallest absolute Gasteiger partial charge is 0.109 e. The first-order valence-corrected chi connectivity index (χ1v) is 6.81. The zero-order chi connectivity index (χ0) is 13.1. The Morgan fingerprint density at radius 2 is 2.06 bits per heavy atom. The van der Waals surface area contributed by atoms with Gasteiger partial charge in [0.2, 0.25) is 0 Å². The Morgan fingerprint density at radius 1 is 1.33 bits per heavy atom. The van der Waals surface area contributed by atoms with Crippen LogP contribution in [0.2, 0.25) is 0 Å². The van der Waals surface area contributed by atoms with Crippen molar-refractivity contribution in [2.75, 3.05) is 12.3 Å². The second-order valence-corrected chi connectivity index (χ2v) is 5.53. The van der Waals surface area contributed by atoms with Crippen LogP contribution in [0.4, 0.5) is 5.69 Å². The second-order valence-electron chi connectivity index (χ2n) is 5.53. The molecule has 0 aromatic heterocycles. The van der Waals surface area contributed by atoms with E-state index >= 15 is 0 Å². The molecule has 2 rings (SSSR count). The van der Waals surface area contributed by atoms with E-state index in [0.717, 1.165) is 18.7 Å². The zero-order valence-corrected chi connectivity index (χ0v) is 11.5. The highest BCUT2D eigenvalue weighted by Crippen LogP contribution is 2.35. The van der Waals surface area contributed by atoms with Gasteiger partial charge in [-0.2, -0.15) is 0 Å². The Kier molecular flexibility index (Phi) is 4.25. The van der Waals surface area contributed by atoms with Crippen molar-refractivity contribution in [3.8, 4) is 0 Å². The van der Waals surface area contributed by atoms with Crippen LogP contribution in [0.5, 0.6) is 0 Å². The summed E-state index contributed by atoms with van der Waals surface area (Å²) in [6.45, 7) is 7.41. The van der Waals surface area contributed by atoms with E-state index in [2.05, 4.69) is 38.2 Å². The molecule has 1 aromatic rings. The third kappa shape index (κ3) is 3.03. The van der Waals surface area contributed by atoms with Crippen LogP contribution in [0.25, 0.3) is 0 Å². The highest BCUT2D eigenvalue weighted by Gasteiger charge is 2.30. The molecule has 3 heteroatoms. The van der Waals surface area contributed by atoms with E-state index in [4.69, 9.17) is 10.5 Å². The van der Waals surface area contributed by atoms with E-state index in [1.807, 2.05) is 12.1 Å². The van der Waals surface area contributed by atoms with Crippen molar-refractivity contribution in [3.63, 3.8) is 0 Å². The van der Waals surface area contributed by atoms with E-state index in [-0.39, 0.29) is 12.3 Å². The zero-order valence-electron chi connectivity index (χ0n) is 11.5. The van der Waals surface area contributed by atoms with Crippen LogP contribution in [0, 0.1) is 5.92 Å². The third-order valence-corrected chi connectivity index (χ3v) is 3.65. The molecule has 100 valence electrons. The quantitative estimate of drug-likeness (QED) is 0.809. The predicted octanol–water partition coefficient (Wildman–Crippen LogP) is 2.73. The van der Waals surface area contributed by atoms with Crippen LogP contribution < -0.4 is 11.1 Å². The lowest BCUT2D eigenvalue weighted by Gasteiger charge is -2.36. The number of nitrogens with two attached hydrogens (primary N) is 1. The summed E-state index contributed by atoms with van der Waals surface area (Å²) in [7, 11) is 0. The summed E-state index contributed by atoms with van der Waals surface area (Å²) in [6.07, 6.45) is 1.39. The van der Waals surface area contributed by atoms with Crippen LogP contribution in [0.1, 0.15) is 38.7 Å². The normalized spacial score (nSPS) is 28.6. The fourth-order valence-corrected chi connectivity index (χ4v) is 2.72. The highest BCUT2D eigenvalue weighted by molar-refractivity contribution is 5.48. The molecule has 1 aliphatic heterocycles. The molecular weight excluding hydrogens is 224 g/mol. The molecule has 3 nitrogen and oxygen atoms in total. The maximum atomic E-state index is 6.10. The maximum Gasteiger partial charge on any atom is 0.109 e. The first-order chi connectivity index (χ1) is 8.58. The number of benzene rings is 1. The molecule has 0 bridgehead atoms. The molecule has 1 fully saturated rings. The van der Waals surface area contributed by atoms with Gasteiger partial charge in [0, 0.05) is 12.2 Å². The molecule has 3 unspecified atom stereocenters. The van der Waals surface area contributed by atoms with Gasteiger partial charge in [-0.25, -0.2) is 0 Å². The van der Waals surface area contributed by atoms with Gasteiger partial charge in [-0.3, -0.25) is 5.32 Å². The number of rotatable bonds is 3. The Hall–Kier alpha value is -1.06. The SMILES string of the molecule is CC(C)OC1CC(c2ccccc2N)C(C)CN1. The molecule has 3 N–H and O–H groups in total. The summed E-state index contributed by atoms with van der Waals surface area (Å²) in [5, 5.41) is 3.46. The number of piperidine rings is 1. The number of nitrogen functional groups attached to an aromatic ring is 1. The average Bonchev–Trinajstić information content (AvgIpc) is 2.32. The number of hydrogen-bond acceptors (Lipinski definition) is 3. The van der Waals surface area contributed by atoms with Crippen molar-refractivity contribution >= 4 is 5.69 Å². The van der Waals surface area contributed by atoms with Gasteiger partial charge in [-0.1, -0.05) is 25.1 Å². The molecule has 1 aliphatic rings. The Bertz CT molecular complexity index is 392. The van der Waals surface area contributed by atoms with E-state index < -0.39 is 0 Å². The summed E-state index contributed by atoms with van der Waals surface area (Å²) < 4.78 is 5.88. The molecular formula is C15H24N2O. The Balaban J connectivity index is 2.13. The lowest BCUT2D eigenvalue weighted by molar-refractivity contribution is -0.0376. The average molecular weight is 248 g/mol. The second kappa shape index (κ2) is 5.72. The fourth-order valence-electron chi connectivity index (χ4n) is 2.72. The minimum atomic E-state index is 0.144.